The van der Waals surface area contributed by atoms with Crippen molar-refractivity contribution in [2.45, 2.75) is 16.6 Å². The predicted octanol–water partition coefficient (Wildman–Crippen LogP) is 6.85. The molecule has 1 aliphatic heterocycles. The van der Waals surface area contributed by atoms with Gasteiger partial charge in [0.05, 0.1) is 37.3 Å². The molecule has 4 amide bonds. The normalized spacial score (nSPS) is 14.5. The van der Waals surface area contributed by atoms with Gasteiger partial charge in [0.1, 0.15) is 5.70 Å². The quantitative estimate of drug-likeness (QED) is 0.128. The van der Waals surface area contributed by atoms with E-state index in [0.29, 0.717) is 44.0 Å². The molecule has 0 bridgehead atoms. The van der Waals surface area contributed by atoms with Gasteiger partial charge in [-0.25, -0.2) is 4.90 Å². The number of halogens is 2. The summed E-state index contributed by atoms with van der Waals surface area (Å²) in [5.41, 5.74) is 1.39. The van der Waals surface area contributed by atoms with Crippen molar-refractivity contribution in [3.8, 4) is 17.2 Å². The number of amides is 4. The molecule has 13 heteroatoms. The Labute approximate surface area is 290 Å². The molecule has 246 valence electrons. The number of hydrogen-bond acceptors (Lipinski definition) is 8. The average molecular weight is 707 g/mol. The summed E-state index contributed by atoms with van der Waals surface area (Å²) < 4.78 is 16.3. The smallest absolute Gasteiger partial charge is 0.272 e. The zero-order valence-electron chi connectivity index (χ0n) is 25.9. The van der Waals surface area contributed by atoms with E-state index in [2.05, 4.69) is 10.6 Å². The van der Waals surface area contributed by atoms with Crippen molar-refractivity contribution in [1.82, 2.24) is 5.32 Å². The van der Waals surface area contributed by atoms with Crippen molar-refractivity contribution in [1.29, 1.82) is 0 Å². The summed E-state index contributed by atoms with van der Waals surface area (Å²) in [6.45, 7) is 0. The van der Waals surface area contributed by atoms with Crippen LogP contribution < -0.4 is 29.7 Å². The first kappa shape index (κ1) is 34.4. The molecular formula is C35H29Cl2N3O7S. The Morgan fingerprint density at radius 3 is 2.25 bits per heavy atom. The SMILES string of the molecule is COc1cc(/C=C(\NC(=O)c2ccccc2)C(=O)Nc2cccc(S[C@H]3CC(=O)N(c4cc(Cl)ccc4Cl)C3=O)c2)cc(OC)c1OC. The Kier molecular flexibility index (Phi) is 10.9. The standard InChI is InChI=1S/C35H29Cl2N3O7S/c1-45-28-15-20(16-29(46-2)32(28)47-3)14-26(39-33(42)21-8-5-4-6-9-21)34(43)38-23-10-7-11-24(18-23)48-30-19-31(41)40(35(30)44)27-17-22(36)12-13-25(27)37/h4-18,30H,19H2,1-3H3,(H,38,43)(H,39,42)/b26-14-/t30-/m0/s1. The maximum Gasteiger partial charge on any atom is 0.272 e. The molecule has 4 aromatic carbocycles. The van der Waals surface area contributed by atoms with Gasteiger partial charge >= 0.3 is 0 Å². The number of ether oxygens (including phenoxy) is 3. The highest BCUT2D eigenvalue weighted by Gasteiger charge is 2.41. The Morgan fingerprint density at radius 1 is 0.875 bits per heavy atom. The van der Waals surface area contributed by atoms with E-state index < -0.39 is 28.9 Å². The number of carbonyl (C=O) groups is 4. The van der Waals surface area contributed by atoms with E-state index in [9.17, 15) is 19.2 Å². The van der Waals surface area contributed by atoms with Crippen molar-refractivity contribution in [2.24, 2.45) is 0 Å². The van der Waals surface area contributed by atoms with E-state index in [1.807, 2.05) is 0 Å². The minimum Gasteiger partial charge on any atom is -0.493 e. The summed E-state index contributed by atoms with van der Waals surface area (Å²) in [6, 6.07) is 23.1. The molecule has 5 rings (SSSR count). The van der Waals surface area contributed by atoms with Gasteiger partial charge in [0.15, 0.2) is 11.5 Å². The molecule has 0 unspecified atom stereocenters. The fraction of sp³-hybridized carbons (Fsp3) is 0.143. The second kappa shape index (κ2) is 15.3. The van der Waals surface area contributed by atoms with Gasteiger partial charge in [-0.2, -0.15) is 0 Å². The topological polar surface area (TPSA) is 123 Å². The van der Waals surface area contributed by atoms with E-state index in [-0.39, 0.29) is 22.8 Å². The largest absolute Gasteiger partial charge is 0.493 e. The molecular weight excluding hydrogens is 677 g/mol. The minimum absolute atomic E-state index is 0.0455. The summed E-state index contributed by atoms with van der Waals surface area (Å²) in [5.74, 6) is -0.862. The van der Waals surface area contributed by atoms with E-state index in [1.54, 1.807) is 72.8 Å². The van der Waals surface area contributed by atoms with Crippen molar-refractivity contribution in [2.75, 3.05) is 31.5 Å². The number of hydrogen-bond donors (Lipinski definition) is 2. The van der Waals surface area contributed by atoms with E-state index >= 15 is 0 Å². The minimum atomic E-state index is -0.723. The lowest BCUT2D eigenvalue weighted by molar-refractivity contribution is -0.121. The van der Waals surface area contributed by atoms with Gasteiger partial charge in [0.2, 0.25) is 17.6 Å². The van der Waals surface area contributed by atoms with Crippen LogP contribution in [0, 0.1) is 0 Å². The van der Waals surface area contributed by atoms with Gasteiger partial charge in [0.25, 0.3) is 11.8 Å². The highest BCUT2D eigenvalue weighted by atomic mass is 35.5. The monoisotopic (exact) mass is 705 g/mol. The molecule has 0 aliphatic carbocycles. The lowest BCUT2D eigenvalue weighted by atomic mass is 10.1. The van der Waals surface area contributed by atoms with Crippen molar-refractivity contribution < 1.29 is 33.4 Å². The third-order valence-electron chi connectivity index (χ3n) is 7.15. The molecule has 1 atom stereocenters. The third kappa shape index (κ3) is 7.76. The molecule has 0 saturated carbocycles. The second-order valence-corrected chi connectivity index (χ2v) is 12.4. The van der Waals surface area contributed by atoms with Gasteiger partial charge < -0.3 is 24.8 Å². The summed E-state index contributed by atoms with van der Waals surface area (Å²) in [7, 11) is 4.42. The second-order valence-electron chi connectivity index (χ2n) is 10.3. The number of imide groups is 1. The molecule has 1 fully saturated rings. The lowest BCUT2D eigenvalue weighted by Gasteiger charge is -2.17. The van der Waals surface area contributed by atoms with Crippen LogP contribution in [0.5, 0.6) is 17.2 Å². The predicted molar refractivity (Wildman–Crippen MR) is 186 cm³/mol. The molecule has 48 heavy (non-hydrogen) atoms. The van der Waals surface area contributed by atoms with Crippen LogP contribution in [-0.2, 0) is 14.4 Å². The first-order valence-corrected chi connectivity index (χ1v) is 16.0. The summed E-state index contributed by atoms with van der Waals surface area (Å²) in [4.78, 5) is 54.7. The van der Waals surface area contributed by atoms with Crippen LogP contribution in [0.3, 0.4) is 0 Å². The van der Waals surface area contributed by atoms with Gasteiger partial charge in [-0.3, -0.25) is 19.2 Å². The number of nitrogens with one attached hydrogen (secondary N) is 2. The molecule has 4 aromatic rings. The average Bonchev–Trinajstić information content (AvgIpc) is 3.36. The summed E-state index contributed by atoms with van der Waals surface area (Å²) >= 11 is 13.5. The lowest BCUT2D eigenvalue weighted by Crippen LogP contribution is -2.31. The number of rotatable bonds is 11. The van der Waals surface area contributed by atoms with Crippen LogP contribution in [0.4, 0.5) is 11.4 Å². The number of anilines is 2. The van der Waals surface area contributed by atoms with Crippen molar-refractivity contribution in [3.05, 3.63) is 112 Å². The number of thioether (sulfide) groups is 1. The fourth-order valence-corrected chi connectivity index (χ4v) is 6.39. The van der Waals surface area contributed by atoms with Gasteiger partial charge in [-0.1, -0.05) is 47.5 Å². The zero-order chi connectivity index (χ0) is 34.4. The highest BCUT2D eigenvalue weighted by molar-refractivity contribution is 8.00. The number of carbonyl (C=O) groups excluding carboxylic acids is 4. The van der Waals surface area contributed by atoms with Gasteiger partial charge in [-0.05, 0) is 72.3 Å². The van der Waals surface area contributed by atoms with E-state index in [1.165, 1.54) is 51.3 Å². The molecule has 1 heterocycles. The Morgan fingerprint density at radius 2 is 1.58 bits per heavy atom. The van der Waals surface area contributed by atoms with Crippen LogP contribution in [0.2, 0.25) is 10.0 Å². The summed E-state index contributed by atoms with van der Waals surface area (Å²) in [6.07, 6.45) is 1.44. The Hall–Kier alpha value is -4.97. The van der Waals surface area contributed by atoms with Crippen molar-refractivity contribution >= 4 is 76.0 Å². The molecule has 0 radical (unpaired) electrons. The Balaban J connectivity index is 1.39. The van der Waals surface area contributed by atoms with E-state index in [4.69, 9.17) is 37.4 Å². The molecule has 0 spiro atoms. The summed E-state index contributed by atoms with van der Waals surface area (Å²) in [5, 5.41) is 5.36. The van der Waals surface area contributed by atoms with Crippen LogP contribution in [0.15, 0.2) is 95.5 Å². The maximum atomic E-state index is 13.7. The highest BCUT2D eigenvalue weighted by Crippen LogP contribution is 2.40. The first-order chi connectivity index (χ1) is 23.1. The van der Waals surface area contributed by atoms with Gasteiger partial charge in [-0.15, -0.1) is 11.8 Å². The third-order valence-corrected chi connectivity index (χ3v) is 8.89. The molecule has 1 aliphatic rings. The number of nitrogens with zero attached hydrogens (tertiary/aromatic N) is 1. The van der Waals surface area contributed by atoms with Crippen LogP contribution >= 0.6 is 35.0 Å². The fourth-order valence-electron chi connectivity index (χ4n) is 4.91. The van der Waals surface area contributed by atoms with Gasteiger partial charge in [0, 0.05) is 27.6 Å². The van der Waals surface area contributed by atoms with Crippen LogP contribution in [-0.4, -0.2) is 50.2 Å². The molecule has 0 aromatic heterocycles. The zero-order valence-corrected chi connectivity index (χ0v) is 28.2. The molecule has 1 saturated heterocycles. The molecule has 2 N–H and O–H groups in total. The maximum absolute atomic E-state index is 13.7. The van der Waals surface area contributed by atoms with E-state index in [0.717, 1.165) is 4.90 Å². The number of benzene rings is 4. The first-order valence-electron chi connectivity index (χ1n) is 14.4. The van der Waals surface area contributed by atoms with Crippen LogP contribution in [0.25, 0.3) is 6.08 Å². The van der Waals surface area contributed by atoms with Crippen molar-refractivity contribution in [3.63, 3.8) is 0 Å². The van der Waals surface area contributed by atoms with Crippen LogP contribution in [0.1, 0.15) is 22.3 Å². The number of methoxy groups -OCH3 is 3. The molecule has 10 nitrogen and oxygen atoms in total. The Bertz CT molecular complexity index is 1890.